The van der Waals surface area contributed by atoms with Crippen LogP contribution in [0.15, 0.2) is 35.7 Å². The third-order valence-corrected chi connectivity index (χ3v) is 4.58. The van der Waals surface area contributed by atoms with Gasteiger partial charge in [0.25, 0.3) is 5.91 Å². The van der Waals surface area contributed by atoms with E-state index in [1.165, 1.54) is 18.4 Å². The predicted molar refractivity (Wildman–Crippen MR) is 88.6 cm³/mol. The van der Waals surface area contributed by atoms with Gasteiger partial charge in [-0.2, -0.15) is 0 Å². The van der Waals surface area contributed by atoms with Gasteiger partial charge in [-0.05, 0) is 29.6 Å². The molecule has 1 aromatic heterocycles. The monoisotopic (exact) mass is 347 g/mol. The summed E-state index contributed by atoms with van der Waals surface area (Å²) >= 11 is 1.48. The fourth-order valence-corrected chi connectivity index (χ4v) is 3.17. The van der Waals surface area contributed by atoms with Crippen molar-refractivity contribution in [1.29, 1.82) is 0 Å². The summed E-state index contributed by atoms with van der Waals surface area (Å²) in [4.78, 5) is 25.1. The largest absolute Gasteiger partial charge is 0.486 e. The van der Waals surface area contributed by atoms with E-state index in [0.29, 0.717) is 30.3 Å². The summed E-state index contributed by atoms with van der Waals surface area (Å²) in [5, 5.41) is 4.78. The SMILES string of the molecule is COC(=O)C[C@H](NC(=O)c1ccc2c(c1)OCCO2)c1cccs1. The molecule has 2 heterocycles. The van der Waals surface area contributed by atoms with Crippen LogP contribution in [0.3, 0.4) is 0 Å². The average Bonchev–Trinajstić information content (AvgIpc) is 3.15. The van der Waals surface area contributed by atoms with Gasteiger partial charge in [0.05, 0.1) is 19.6 Å². The summed E-state index contributed by atoms with van der Waals surface area (Å²) < 4.78 is 15.7. The quantitative estimate of drug-likeness (QED) is 0.842. The molecule has 0 unspecified atom stereocenters. The Morgan fingerprint density at radius 3 is 2.75 bits per heavy atom. The highest BCUT2D eigenvalue weighted by molar-refractivity contribution is 7.10. The zero-order valence-electron chi connectivity index (χ0n) is 13.1. The summed E-state index contributed by atoms with van der Waals surface area (Å²) in [6, 6.07) is 8.35. The number of carbonyl (C=O) groups excluding carboxylic acids is 2. The number of thiophene rings is 1. The standard InChI is InChI=1S/C17H17NO5S/c1-21-16(19)10-12(15-3-2-8-24-15)18-17(20)11-4-5-13-14(9-11)23-7-6-22-13/h2-5,8-9,12H,6-7,10H2,1H3,(H,18,20)/t12-/m0/s1. The fraction of sp³-hybridized carbons (Fsp3) is 0.294. The molecule has 0 bridgehead atoms. The molecule has 7 heteroatoms. The summed E-state index contributed by atoms with van der Waals surface area (Å²) in [6.07, 6.45) is 0.0767. The van der Waals surface area contributed by atoms with Crippen molar-refractivity contribution >= 4 is 23.2 Å². The van der Waals surface area contributed by atoms with Crippen LogP contribution in [-0.2, 0) is 9.53 Å². The molecule has 0 saturated carbocycles. The van der Waals surface area contributed by atoms with Gasteiger partial charge in [0.1, 0.15) is 13.2 Å². The lowest BCUT2D eigenvalue weighted by Gasteiger charge is -2.20. The zero-order valence-corrected chi connectivity index (χ0v) is 13.9. The molecule has 1 aliphatic rings. The van der Waals surface area contributed by atoms with Gasteiger partial charge in [0.2, 0.25) is 0 Å². The van der Waals surface area contributed by atoms with E-state index in [9.17, 15) is 9.59 Å². The lowest BCUT2D eigenvalue weighted by Crippen LogP contribution is -2.30. The number of benzene rings is 1. The summed E-state index contributed by atoms with van der Waals surface area (Å²) in [5.74, 6) is 0.516. The second-order valence-corrected chi connectivity index (χ2v) is 6.16. The van der Waals surface area contributed by atoms with E-state index < -0.39 is 6.04 Å². The van der Waals surface area contributed by atoms with Gasteiger partial charge in [0, 0.05) is 10.4 Å². The maximum atomic E-state index is 12.6. The number of carbonyl (C=O) groups is 2. The van der Waals surface area contributed by atoms with Crippen LogP contribution in [-0.4, -0.2) is 32.2 Å². The Labute approximate surface area is 143 Å². The Balaban J connectivity index is 1.76. The zero-order chi connectivity index (χ0) is 16.9. The highest BCUT2D eigenvalue weighted by atomic mass is 32.1. The molecule has 6 nitrogen and oxygen atoms in total. The Morgan fingerprint density at radius 1 is 1.25 bits per heavy atom. The average molecular weight is 347 g/mol. The van der Waals surface area contributed by atoms with E-state index >= 15 is 0 Å². The minimum absolute atomic E-state index is 0.0767. The normalized spacial score (nSPS) is 13.9. The first kappa shape index (κ1) is 16.3. The molecule has 0 spiro atoms. The van der Waals surface area contributed by atoms with Gasteiger partial charge in [-0.25, -0.2) is 0 Å². The molecule has 126 valence electrons. The molecule has 1 aromatic carbocycles. The summed E-state index contributed by atoms with van der Waals surface area (Å²) in [5.41, 5.74) is 0.450. The van der Waals surface area contributed by atoms with Crippen LogP contribution in [0.1, 0.15) is 27.7 Å². The minimum atomic E-state index is -0.432. The lowest BCUT2D eigenvalue weighted by molar-refractivity contribution is -0.141. The Morgan fingerprint density at radius 2 is 2.04 bits per heavy atom. The maximum absolute atomic E-state index is 12.6. The molecular weight excluding hydrogens is 330 g/mol. The van der Waals surface area contributed by atoms with Gasteiger partial charge in [-0.15, -0.1) is 11.3 Å². The third-order valence-electron chi connectivity index (χ3n) is 3.59. The molecule has 3 rings (SSSR count). The second kappa shape index (κ2) is 7.35. The Hall–Kier alpha value is -2.54. The number of rotatable bonds is 5. The molecule has 0 fully saturated rings. The molecule has 0 aliphatic carbocycles. The van der Waals surface area contributed by atoms with E-state index in [1.54, 1.807) is 18.2 Å². The van der Waals surface area contributed by atoms with Crippen molar-refractivity contribution < 1.29 is 23.8 Å². The van der Waals surface area contributed by atoms with Crippen molar-refractivity contribution in [2.45, 2.75) is 12.5 Å². The van der Waals surface area contributed by atoms with E-state index in [0.717, 1.165) is 4.88 Å². The Bertz CT molecular complexity index is 729. The fourth-order valence-electron chi connectivity index (χ4n) is 2.39. The lowest BCUT2D eigenvalue weighted by atomic mass is 10.1. The number of ether oxygens (including phenoxy) is 3. The van der Waals surface area contributed by atoms with Gasteiger partial charge >= 0.3 is 5.97 Å². The highest BCUT2D eigenvalue weighted by Crippen LogP contribution is 2.31. The van der Waals surface area contributed by atoms with E-state index in [2.05, 4.69) is 5.32 Å². The number of amides is 1. The topological polar surface area (TPSA) is 73.9 Å². The van der Waals surface area contributed by atoms with Crippen LogP contribution in [0, 0.1) is 0 Å². The number of fused-ring (bicyclic) bond motifs is 1. The van der Waals surface area contributed by atoms with Crippen molar-refractivity contribution in [1.82, 2.24) is 5.32 Å². The number of methoxy groups -OCH3 is 1. The number of hydrogen-bond acceptors (Lipinski definition) is 6. The first-order valence-corrected chi connectivity index (χ1v) is 8.36. The van der Waals surface area contributed by atoms with Crippen molar-refractivity contribution in [2.75, 3.05) is 20.3 Å². The van der Waals surface area contributed by atoms with Gasteiger partial charge in [-0.1, -0.05) is 6.07 Å². The number of nitrogens with one attached hydrogen (secondary N) is 1. The van der Waals surface area contributed by atoms with E-state index in [-0.39, 0.29) is 18.3 Å². The third kappa shape index (κ3) is 3.68. The minimum Gasteiger partial charge on any atom is -0.486 e. The first-order valence-electron chi connectivity index (χ1n) is 7.48. The maximum Gasteiger partial charge on any atom is 0.307 e. The van der Waals surface area contributed by atoms with Crippen molar-refractivity contribution in [3.63, 3.8) is 0 Å². The van der Waals surface area contributed by atoms with Crippen LogP contribution in [0.4, 0.5) is 0 Å². The van der Waals surface area contributed by atoms with Crippen molar-refractivity contribution in [2.24, 2.45) is 0 Å². The number of esters is 1. The van der Waals surface area contributed by atoms with Crippen LogP contribution in [0.2, 0.25) is 0 Å². The molecular formula is C17H17NO5S. The van der Waals surface area contributed by atoms with Gasteiger partial charge < -0.3 is 19.5 Å². The smallest absolute Gasteiger partial charge is 0.307 e. The molecule has 1 atom stereocenters. The molecule has 24 heavy (non-hydrogen) atoms. The predicted octanol–water partition coefficient (Wildman–Crippen LogP) is 2.55. The van der Waals surface area contributed by atoms with Gasteiger partial charge in [-0.3, -0.25) is 9.59 Å². The van der Waals surface area contributed by atoms with E-state index in [4.69, 9.17) is 14.2 Å². The molecule has 1 N–H and O–H groups in total. The molecule has 1 amide bonds. The highest BCUT2D eigenvalue weighted by Gasteiger charge is 2.22. The first-order chi connectivity index (χ1) is 11.7. The van der Waals surface area contributed by atoms with Crippen LogP contribution in [0.25, 0.3) is 0 Å². The van der Waals surface area contributed by atoms with Crippen LogP contribution in [0.5, 0.6) is 11.5 Å². The van der Waals surface area contributed by atoms with Gasteiger partial charge in [0.15, 0.2) is 11.5 Å². The second-order valence-electron chi connectivity index (χ2n) is 5.18. The van der Waals surface area contributed by atoms with Crippen molar-refractivity contribution in [3.8, 4) is 11.5 Å². The van der Waals surface area contributed by atoms with Crippen LogP contribution >= 0.6 is 11.3 Å². The summed E-state index contributed by atoms with van der Waals surface area (Å²) in [6.45, 7) is 0.955. The van der Waals surface area contributed by atoms with Crippen molar-refractivity contribution in [3.05, 3.63) is 46.2 Å². The molecule has 2 aromatic rings. The number of hydrogen-bond donors (Lipinski definition) is 1. The molecule has 0 radical (unpaired) electrons. The molecule has 1 aliphatic heterocycles. The Kier molecular flexibility index (Phi) is 5.00. The van der Waals surface area contributed by atoms with E-state index in [1.807, 2.05) is 17.5 Å². The summed E-state index contributed by atoms with van der Waals surface area (Å²) in [7, 11) is 1.33. The molecule has 0 saturated heterocycles. The van der Waals surface area contributed by atoms with Crippen LogP contribution < -0.4 is 14.8 Å².